The Morgan fingerprint density at radius 1 is 1.32 bits per heavy atom. The molecule has 1 fully saturated rings. The lowest BCUT2D eigenvalue weighted by atomic mass is 10.0. The normalized spacial score (nSPS) is 18.4. The number of hydrogen-bond acceptors (Lipinski definition) is 13. The Morgan fingerprint density at radius 2 is 1.98 bits per heavy atom. The zero-order chi connectivity index (χ0) is 29.6. The number of nitrogens with two attached hydrogens (primary N) is 1. The highest BCUT2D eigenvalue weighted by Crippen LogP contribution is 2.40. The van der Waals surface area contributed by atoms with Gasteiger partial charge in [-0.05, 0) is 13.8 Å². The van der Waals surface area contributed by atoms with Gasteiger partial charge in [0.2, 0.25) is 5.60 Å². The molecule has 0 radical (unpaired) electrons. The van der Waals surface area contributed by atoms with Crippen LogP contribution in [0.25, 0.3) is 0 Å². The standard InChI is InChI=1S/C22H22N6O7S2.CO2/c1-22(2,20(33)34)35-26-13(12-10-37-21(23)24-12)16(29)25-14-17(30)28-15(19(31)32)11(9-36-18(14)28)8-27-6-4-3-5-7-27;2-1-3/h3-7,10,14,18H,8-9H2,1-2H3,(H4-,23,24,25,29,31,32,33,34);/b26-13+;/t14-,18-;/m1./s1. The van der Waals surface area contributed by atoms with E-state index < -0.39 is 40.8 Å². The fraction of sp³-hybridized carbons (Fsp3) is 0.304. The minimum absolute atomic E-state index is 0.0265. The molecule has 1 saturated heterocycles. The second-order valence-electron chi connectivity index (χ2n) is 8.65. The molecule has 0 saturated carbocycles. The van der Waals surface area contributed by atoms with Gasteiger partial charge in [-0.15, -0.1) is 23.1 Å². The lowest BCUT2D eigenvalue weighted by Crippen LogP contribution is -2.71. The summed E-state index contributed by atoms with van der Waals surface area (Å²) in [6, 6.07) is 4.36. The molecule has 2 aliphatic rings. The highest BCUT2D eigenvalue weighted by Gasteiger charge is 2.53. The van der Waals surface area contributed by atoms with Gasteiger partial charge in [0.25, 0.3) is 11.8 Å². The van der Waals surface area contributed by atoms with Crippen molar-refractivity contribution in [1.82, 2.24) is 15.2 Å². The predicted octanol–water partition coefficient (Wildman–Crippen LogP) is -1.88. The van der Waals surface area contributed by atoms with Crippen LogP contribution >= 0.6 is 23.1 Å². The van der Waals surface area contributed by atoms with Crippen molar-refractivity contribution < 1.29 is 48.4 Å². The van der Waals surface area contributed by atoms with E-state index in [0.717, 1.165) is 16.2 Å². The number of aliphatic carboxylic acids is 2. The van der Waals surface area contributed by atoms with Crippen molar-refractivity contribution in [2.45, 2.75) is 37.4 Å². The molecule has 2 amide bonds. The smallest absolute Gasteiger partial charge is 0.373 e. The summed E-state index contributed by atoms with van der Waals surface area (Å²) in [7, 11) is 0. The predicted molar refractivity (Wildman–Crippen MR) is 135 cm³/mol. The van der Waals surface area contributed by atoms with Crippen molar-refractivity contribution >= 4 is 63.8 Å². The molecule has 2 aromatic rings. The number of carbonyl (C=O) groups is 4. The summed E-state index contributed by atoms with van der Waals surface area (Å²) < 4.78 is 1.78. The van der Waals surface area contributed by atoms with E-state index in [2.05, 4.69) is 15.5 Å². The van der Waals surface area contributed by atoms with Crippen LogP contribution in [0.2, 0.25) is 0 Å². The first-order valence-corrected chi connectivity index (χ1v) is 13.2. The lowest BCUT2D eigenvalue weighted by molar-refractivity contribution is -0.689. The number of nitrogens with zero attached hydrogens (tertiary/aromatic N) is 4. The molecule has 0 spiro atoms. The molecular formula is C23H22N6O9S2. The lowest BCUT2D eigenvalue weighted by Gasteiger charge is -2.50. The number of rotatable bonds is 9. The van der Waals surface area contributed by atoms with E-state index >= 15 is 0 Å². The fourth-order valence-corrected chi connectivity index (χ4v) is 5.45. The molecule has 2 aliphatic heterocycles. The quantitative estimate of drug-likeness (QED) is 0.126. The van der Waals surface area contributed by atoms with Gasteiger partial charge in [0.05, 0.1) is 11.7 Å². The topological polar surface area (TPSA) is 225 Å². The summed E-state index contributed by atoms with van der Waals surface area (Å²) in [6.45, 7) is 2.74. The Balaban J connectivity index is 0.00000141. The molecule has 0 bridgehead atoms. The Labute approximate surface area is 234 Å². The third-order valence-corrected chi connectivity index (χ3v) is 7.55. The van der Waals surface area contributed by atoms with E-state index in [9.17, 15) is 29.4 Å². The number of fused-ring (bicyclic) bond motifs is 1. The van der Waals surface area contributed by atoms with Crippen molar-refractivity contribution in [2.75, 3.05) is 11.5 Å². The number of thiazole rings is 1. The molecule has 0 aromatic carbocycles. The molecule has 0 aliphatic carbocycles. The number of β-lactam (4-membered cyclic amide) rings is 1. The third-order valence-electron chi connectivity index (χ3n) is 5.54. The molecular weight excluding hydrogens is 568 g/mol. The Kier molecular flexibility index (Phi) is 9.36. The van der Waals surface area contributed by atoms with Crippen molar-refractivity contribution in [3.63, 3.8) is 0 Å². The number of oxime groups is 1. The number of anilines is 1. The molecule has 0 unspecified atom stereocenters. The van der Waals surface area contributed by atoms with Crippen LogP contribution < -0.4 is 20.7 Å². The minimum atomic E-state index is -1.75. The highest BCUT2D eigenvalue weighted by atomic mass is 32.2. The van der Waals surface area contributed by atoms with E-state index in [1.807, 2.05) is 6.07 Å². The second kappa shape index (κ2) is 12.5. The van der Waals surface area contributed by atoms with Crippen molar-refractivity contribution in [1.29, 1.82) is 0 Å². The second-order valence-corrected chi connectivity index (χ2v) is 10.6. The SMILES string of the molecule is CC(C)(O/N=C(/C(=O)N[C@@H]1C(=O)N2C(C(=O)[O-])=C(C[n+]3ccccc3)CS[C@H]12)c1csc(N)n1)C(=O)O.O=C=O. The van der Waals surface area contributed by atoms with Crippen molar-refractivity contribution in [2.24, 2.45) is 5.16 Å². The van der Waals surface area contributed by atoms with Crippen LogP contribution in [0.5, 0.6) is 0 Å². The molecule has 4 rings (SSSR count). The van der Waals surface area contributed by atoms with E-state index in [1.54, 1.807) is 29.1 Å². The molecule has 17 heteroatoms. The van der Waals surface area contributed by atoms with Gasteiger partial charge in [0.1, 0.15) is 17.1 Å². The number of amides is 2. The zero-order valence-electron chi connectivity index (χ0n) is 20.9. The van der Waals surface area contributed by atoms with Crippen LogP contribution in [0.15, 0.2) is 52.4 Å². The molecule has 2 atom stereocenters. The van der Waals surface area contributed by atoms with Crippen LogP contribution in [0.3, 0.4) is 0 Å². The summed E-state index contributed by atoms with van der Waals surface area (Å²) in [5, 5.41) is 28.4. The van der Waals surface area contributed by atoms with Gasteiger partial charge in [0, 0.05) is 28.8 Å². The molecule has 210 valence electrons. The number of thioether (sulfide) groups is 1. The molecule has 40 heavy (non-hydrogen) atoms. The summed E-state index contributed by atoms with van der Waals surface area (Å²) in [5.74, 6) is -4.01. The average molecular weight is 591 g/mol. The van der Waals surface area contributed by atoms with E-state index in [-0.39, 0.29) is 34.9 Å². The van der Waals surface area contributed by atoms with Gasteiger partial charge in [-0.1, -0.05) is 11.2 Å². The number of pyridine rings is 1. The Bertz CT molecular complexity index is 1420. The van der Waals surface area contributed by atoms with Gasteiger partial charge < -0.3 is 30.9 Å². The largest absolute Gasteiger partial charge is 0.543 e. The molecule has 4 N–H and O–H groups in total. The van der Waals surface area contributed by atoms with E-state index in [4.69, 9.17) is 20.2 Å². The van der Waals surface area contributed by atoms with E-state index in [1.165, 1.54) is 31.0 Å². The first-order chi connectivity index (χ1) is 18.9. The van der Waals surface area contributed by atoms with Gasteiger partial charge >= 0.3 is 12.1 Å². The Hall–Kier alpha value is -4.60. The van der Waals surface area contributed by atoms with Gasteiger partial charge in [0.15, 0.2) is 29.8 Å². The maximum atomic E-state index is 13.1. The average Bonchev–Trinajstić information content (AvgIpc) is 3.33. The first-order valence-electron chi connectivity index (χ1n) is 11.2. The Morgan fingerprint density at radius 3 is 2.52 bits per heavy atom. The third kappa shape index (κ3) is 6.51. The number of aromatic nitrogens is 2. The molecule has 15 nitrogen and oxygen atoms in total. The minimum Gasteiger partial charge on any atom is -0.543 e. The number of carboxylic acid groups (broad SMARTS) is 2. The number of nitrogens with one attached hydrogen (secondary N) is 1. The van der Waals surface area contributed by atoms with Gasteiger partial charge in [-0.25, -0.2) is 14.3 Å². The summed E-state index contributed by atoms with van der Waals surface area (Å²) in [6.07, 6.45) is 3.80. The summed E-state index contributed by atoms with van der Waals surface area (Å²) in [5.41, 5.74) is 3.83. The van der Waals surface area contributed by atoms with Gasteiger partial charge in [-0.2, -0.15) is 9.59 Å². The van der Waals surface area contributed by atoms with Crippen LogP contribution in [-0.4, -0.2) is 73.4 Å². The first kappa shape index (κ1) is 29.9. The van der Waals surface area contributed by atoms with Crippen molar-refractivity contribution in [3.05, 3.63) is 52.9 Å². The van der Waals surface area contributed by atoms with Crippen molar-refractivity contribution in [3.8, 4) is 0 Å². The monoisotopic (exact) mass is 590 g/mol. The number of nitrogen functional groups attached to an aromatic ring is 1. The van der Waals surface area contributed by atoms with Crippen LogP contribution in [-0.2, 0) is 40.1 Å². The summed E-state index contributed by atoms with van der Waals surface area (Å²) in [4.78, 5) is 75.9. The molecule has 2 aromatic heterocycles. The van der Waals surface area contributed by atoms with Crippen LogP contribution in [0, 0.1) is 0 Å². The zero-order valence-corrected chi connectivity index (χ0v) is 22.6. The van der Waals surface area contributed by atoms with Crippen LogP contribution in [0.1, 0.15) is 19.5 Å². The number of hydrogen-bond donors (Lipinski definition) is 3. The van der Waals surface area contributed by atoms with Gasteiger partial charge in [-0.3, -0.25) is 14.5 Å². The summed E-state index contributed by atoms with van der Waals surface area (Å²) >= 11 is 2.32. The van der Waals surface area contributed by atoms with E-state index in [0.29, 0.717) is 11.3 Å². The maximum absolute atomic E-state index is 13.1. The van der Waals surface area contributed by atoms with Crippen LogP contribution in [0.4, 0.5) is 5.13 Å². The number of carbonyl (C=O) groups excluding carboxylic acids is 5. The number of carboxylic acids is 2. The highest BCUT2D eigenvalue weighted by molar-refractivity contribution is 8.00. The molecule has 4 heterocycles. The fourth-order valence-electron chi connectivity index (χ4n) is 3.56. The maximum Gasteiger partial charge on any atom is 0.373 e.